The van der Waals surface area contributed by atoms with E-state index in [2.05, 4.69) is 12.2 Å². The van der Waals surface area contributed by atoms with Gasteiger partial charge < -0.3 is 5.32 Å². The first-order valence-electron chi connectivity index (χ1n) is 9.82. The molecule has 0 saturated carbocycles. The molecule has 0 bridgehead atoms. The summed E-state index contributed by atoms with van der Waals surface area (Å²) >= 11 is 0. The van der Waals surface area contributed by atoms with Crippen LogP contribution in [-0.2, 0) is 4.79 Å². The molecule has 0 aromatic rings. The van der Waals surface area contributed by atoms with Gasteiger partial charge >= 0.3 is 0 Å². The maximum absolute atomic E-state index is 11.3. The molecule has 23 heavy (non-hydrogen) atoms. The van der Waals surface area contributed by atoms with Crippen LogP contribution in [0, 0.1) is 0 Å². The maximum atomic E-state index is 11.3. The fourth-order valence-corrected chi connectivity index (χ4v) is 4.54. The number of hydrogen-bond acceptors (Lipinski definition) is 3. The molecule has 0 aliphatic heterocycles. The zero-order valence-electron chi connectivity index (χ0n) is 15.5. The van der Waals surface area contributed by atoms with Gasteiger partial charge in [0, 0.05) is 24.5 Å². The molecular weight excluding hydrogens is 322 g/mol. The van der Waals surface area contributed by atoms with Crippen LogP contribution in [0.15, 0.2) is 0 Å². The molecule has 0 aromatic heterocycles. The van der Waals surface area contributed by atoms with E-state index in [1.165, 1.54) is 76.4 Å². The molecule has 1 amide bonds. The van der Waals surface area contributed by atoms with Crippen molar-refractivity contribution in [1.82, 2.24) is 5.32 Å². The lowest BCUT2D eigenvalue weighted by molar-refractivity contribution is -0.120. The molecule has 0 aliphatic carbocycles. The van der Waals surface area contributed by atoms with Crippen LogP contribution >= 0.6 is 21.6 Å². The van der Waals surface area contributed by atoms with E-state index in [1.807, 2.05) is 28.5 Å². The average molecular weight is 362 g/mol. The van der Waals surface area contributed by atoms with Gasteiger partial charge in [0.1, 0.15) is 0 Å². The zero-order chi connectivity index (χ0) is 17.0. The molecule has 0 saturated heterocycles. The van der Waals surface area contributed by atoms with Gasteiger partial charge in [-0.1, -0.05) is 99.6 Å². The predicted octanol–water partition coefficient (Wildman–Crippen LogP) is 6.60. The molecular formula is C19H39NOS2. The highest BCUT2D eigenvalue weighted by atomic mass is 33.1. The summed E-state index contributed by atoms with van der Waals surface area (Å²) in [5.41, 5.74) is 0. The van der Waals surface area contributed by atoms with E-state index in [0.717, 1.165) is 18.7 Å². The summed E-state index contributed by atoms with van der Waals surface area (Å²) in [6.07, 6.45) is 17.1. The summed E-state index contributed by atoms with van der Waals surface area (Å²) in [5, 5.41) is 2.96. The topological polar surface area (TPSA) is 29.1 Å². The lowest BCUT2D eigenvalue weighted by Crippen LogP contribution is -2.24. The lowest BCUT2D eigenvalue weighted by Gasteiger charge is -2.04. The predicted molar refractivity (Wildman–Crippen MR) is 109 cm³/mol. The van der Waals surface area contributed by atoms with Crippen LogP contribution in [-0.4, -0.2) is 24.0 Å². The van der Waals surface area contributed by atoms with Crippen molar-refractivity contribution in [3.63, 3.8) is 0 Å². The van der Waals surface area contributed by atoms with Crippen LogP contribution in [0.2, 0.25) is 0 Å². The summed E-state index contributed by atoms with van der Waals surface area (Å²) in [6.45, 7) is 5.13. The Morgan fingerprint density at radius 2 is 1.22 bits per heavy atom. The molecule has 0 spiro atoms. The Labute approximate surface area is 153 Å². The van der Waals surface area contributed by atoms with E-state index >= 15 is 0 Å². The fraction of sp³-hybridized carbons (Fsp3) is 0.947. The third-order valence-corrected chi connectivity index (χ3v) is 6.39. The molecule has 4 heteroatoms. The minimum atomic E-state index is 0.198. The van der Waals surface area contributed by atoms with Crippen molar-refractivity contribution in [1.29, 1.82) is 0 Å². The highest BCUT2D eigenvalue weighted by Gasteiger charge is 1.98. The van der Waals surface area contributed by atoms with Crippen LogP contribution in [0.5, 0.6) is 0 Å². The van der Waals surface area contributed by atoms with Gasteiger partial charge in [0.25, 0.3) is 0 Å². The third-order valence-electron chi connectivity index (χ3n) is 3.90. The SMILES string of the molecule is CCCCCCCCCCCCCSSCCNC(=O)CCC. The van der Waals surface area contributed by atoms with Gasteiger partial charge in [-0.25, -0.2) is 0 Å². The minimum Gasteiger partial charge on any atom is -0.355 e. The first-order chi connectivity index (χ1) is 11.3. The van der Waals surface area contributed by atoms with E-state index in [4.69, 9.17) is 0 Å². The molecule has 1 N–H and O–H groups in total. The number of carbonyl (C=O) groups is 1. The Balaban J connectivity index is 3.01. The Hall–Kier alpha value is 0.170. The Kier molecular flexibility index (Phi) is 20.4. The first kappa shape index (κ1) is 23.2. The summed E-state index contributed by atoms with van der Waals surface area (Å²) in [5.74, 6) is 2.48. The molecule has 0 atom stereocenters. The normalized spacial score (nSPS) is 10.9. The average Bonchev–Trinajstić information content (AvgIpc) is 2.54. The van der Waals surface area contributed by atoms with Gasteiger partial charge in [-0.2, -0.15) is 0 Å². The van der Waals surface area contributed by atoms with Crippen LogP contribution in [0.3, 0.4) is 0 Å². The lowest BCUT2D eigenvalue weighted by atomic mass is 10.1. The quantitative estimate of drug-likeness (QED) is 0.220. The second-order valence-corrected chi connectivity index (χ2v) is 8.98. The minimum absolute atomic E-state index is 0.198. The van der Waals surface area contributed by atoms with E-state index in [0.29, 0.717) is 6.42 Å². The fourth-order valence-electron chi connectivity index (χ4n) is 2.49. The van der Waals surface area contributed by atoms with E-state index in [1.54, 1.807) is 0 Å². The van der Waals surface area contributed by atoms with Crippen molar-refractivity contribution >= 4 is 27.5 Å². The monoisotopic (exact) mass is 361 g/mol. The van der Waals surface area contributed by atoms with E-state index in [-0.39, 0.29) is 5.91 Å². The Bertz CT molecular complexity index is 250. The molecule has 0 unspecified atom stereocenters. The molecule has 138 valence electrons. The molecule has 0 heterocycles. The van der Waals surface area contributed by atoms with E-state index < -0.39 is 0 Å². The Morgan fingerprint density at radius 1 is 0.696 bits per heavy atom. The Morgan fingerprint density at radius 3 is 1.78 bits per heavy atom. The molecule has 0 radical (unpaired) electrons. The van der Waals surface area contributed by atoms with Crippen LogP contribution in [0.1, 0.15) is 97.3 Å². The van der Waals surface area contributed by atoms with Crippen LogP contribution < -0.4 is 5.32 Å². The standard InChI is InChI=1S/C19H39NOS2/c1-3-5-6-7-8-9-10-11-12-13-14-17-22-23-18-16-20-19(21)15-4-2/h3-18H2,1-2H3,(H,20,21). The number of hydrogen-bond donors (Lipinski definition) is 1. The van der Waals surface area contributed by atoms with Gasteiger partial charge in [0.15, 0.2) is 0 Å². The molecule has 0 rings (SSSR count). The zero-order valence-corrected chi connectivity index (χ0v) is 17.2. The molecule has 0 fully saturated rings. The van der Waals surface area contributed by atoms with Crippen molar-refractivity contribution in [3.8, 4) is 0 Å². The van der Waals surface area contributed by atoms with Crippen LogP contribution in [0.25, 0.3) is 0 Å². The van der Waals surface area contributed by atoms with Crippen LogP contribution in [0.4, 0.5) is 0 Å². The number of nitrogens with one attached hydrogen (secondary N) is 1. The highest BCUT2D eigenvalue weighted by molar-refractivity contribution is 8.76. The summed E-state index contributed by atoms with van der Waals surface area (Å²) < 4.78 is 0. The number of rotatable bonds is 18. The number of unbranched alkanes of at least 4 members (excludes halogenated alkanes) is 10. The van der Waals surface area contributed by atoms with Crippen molar-refractivity contribution in [2.45, 2.75) is 97.3 Å². The van der Waals surface area contributed by atoms with Gasteiger partial charge in [0.2, 0.25) is 5.91 Å². The molecule has 2 nitrogen and oxygen atoms in total. The second kappa shape index (κ2) is 20.2. The number of amides is 1. The van der Waals surface area contributed by atoms with Crippen molar-refractivity contribution in [2.75, 3.05) is 18.1 Å². The maximum Gasteiger partial charge on any atom is 0.220 e. The summed E-state index contributed by atoms with van der Waals surface area (Å²) in [6, 6.07) is 0. The number of carbonyl (C=O) groups excluding carboxylic acids is 1. The van der Waals surface area contributed by atoms with Gasteiger partial charge in [-0.3, -0.25) is 4.79 Å². The third kappa shape index (κ3) is 20.1. The van der Waals surface area contributed by atoms with Gasteiger partial charge in [0.05, 0.1) is 0 Å². The van der Waals surface area contributed by atoms with Gasteiger partial charge in [-0.05, 0) is 12.8 Å². The summed E-state index contributed by atoms with van der Waals surface area (Å²) in [4.78, 5) is 11.3. The first-order valence-corrected chi connectivity index (χ1v) is 12.3. The largest absolute Gasteiger partial charge is 0.355 e. The highest BCUT2D eigenvalue weighted by Crippen LogP contribution is 2.22. The van der Waals surface area contributed by atoms with Crippen molar-refractivity contribution in [3.05, 3.63) is 0 Å². The molecule has 0 aliphatic rings. The smallest absolute Gasteiger partial charge is 0.220 e. The molecule has 0 aromatic carbocycles. The summed E-state index contributed by atoms with van der Waals surface area (Å²) in [7, 11) is 3.86. The van der Waals surface area contributed by atoms with Crippen molar-refractivity contribution < 1.29 is 4.79 Å². The van der Waals surface area contributed by atoms with Crippen molar-refractivity contribution in [2.24, 2.45) is 0 Å². The second-order valence-electron chi connectivity index (χ2n) is 6.28. The van der Waals surface area contributed by atoms with E-state index in [9.17, 15) is 4.79 Å². The van der Waals surface area contributed by atoms with Gasteiger partial charge in [-0.15, -0.1) is 0 Å².